The van der Waals surface area contributed by atoms with E-state index in [0.29, 0.717) is 12.1 Å². The Morgan fingerprint density at radius 1 is 0.456 bits per heavy atom. The highest BCUT2D eigenvalue weighted by Crippen LogP contribution is 2.50. The number of nitrogens with two attached hydrogens (primary N) is 1. The van der Waals surface area contributed by atoms with E-state index in [1.54, 1.807) is 0 Å². The monoisotopic (exact) mass is 1010 g/mol. The van der Waals surface area contributed by atoms with Crippen molar-refractivity contribution in [2.45, 2.75) is 19.6 Å². The van der Waals surface area contributed by atoms with Gasteiger partial charge >= 0.3 is 0 Å². The number of phenols is 2. The van der Waals surface area contributed by atoms with E-state index in [-0.39, 0.29) is 50.6 Å². The molecule has 0 saturated carbocycles. The Labute approximate surface area is 381 Å². The SMILES string of the molecule is Nc1c(N=Nc2ccc(N=Nc3ccccc3S(=O)(=O)O)c3ccc(N=Nc4cccc(S(=O)(=O)O)c4)c(O)c23)cc(S(=O)(=O)O)c2cc(S(=O)(=O)O)c(N=Nc3ccc([N+](=O)[O-])cc3)c(O)c12. The van der Waals surface area contributed by atoms with Crippen LogP contribution in [0.5, 0.6) is 11.5 Å². The topological polar surface area (TPSA) is 426 Å². The number of non-ortho nitro benzene ring substituents is 1. The number of aromatic hydroxyl groups is 2. The third kappa shape index (κ3) is 10.0. The van der Waals surface area contributed by atoms with Crippen LogP contribution in [0.15, 0.2) is 170 Å². The number of benzene rings is 7. The molecule has 0 aliphatic carbocycles. The Bertz CT molecular complexity index is 3870. The van der Waals surface area contributed by atoms with Crippen LogP contribution in [-0.2, 0) is 40.5 Å². The second kappa shape index (κ2) is 17.9. The summed E-state index contributed by atoms with van der Waals surface area (Å²) in [5.74, 6) is -1.92. The zero-order chi connectivity index (χ0) is 49.5. The molecule has 0 spiro atoms. The van der Waals surface area contributed by atoms with Gasteiger partial charge in [-0.05, 0) is 78.9 Å². The van der Waals surface area contributed by atoms with Gasteiger partial charge in [0.2, 0.25) is 0 Å². The van der Waals surface area contributed by atoms with Gasteiger partial charge in [0.25, 0.3) is 46.2 Å². The number of nitrogens with zero attached hydrogens (tertiary/aromatic N) is 9. The number of phenolic OH excluding ortho intramolecular Hbond substituents is 2. The molecule has 0 aliphatic heterocycles. The first-order valence-corrected chi connectivity index (χ1v) is 24.0. The second-order valence-corrected chi connectivity index (χ2v) is 19.3. The van der Waals surface area contributed by atoms with Crippen LogP contribution in [0.2, 0.25) is 0 Å². The number of azo groups is 4. The van der Waals surface area contributed by atoms with Gasteiger partial charge < -0.3 is 15.9 Å². The molecule has 7 rings (SSSR count). The van der Waals surface area contributed by atoms with Crippen molar-refractivity contribution in [1.82, 2.24) is 0 Å². The fraction of sp³-hybridized carbons (Fsp3) is 0. The van der Waals surface area contributed by atoms with Crippen molar-refractivity contribution >= 4 is 119 Å². The molecule has 0 atom stereocenters. The molecule has 0 bridgehead atoms. The number of fused-ring (bicyclic) bond motifs is 2. The lowest BCUT2D eigenvalue weighted by atomic mass is 10.0. The van der Waals surface area contributed by atoms with Crippen molar-refractivity contribution < 1.29 is 67.0 Å². The molecular formula is C38H26N10O16S4. The van der Waals surface area contributed by atoms with Gasteiger partial charge in [0.15, 0.2) is 11.5 Å². The average molecular weight is 1010 g/mol. The number of nitro groups is 1. The van der Waals surface area contributed by atoms with Crippen LogP contribution < -0.4 is 5.73 Å². The fourth-order valence-electron chi connectivity index (χ4n) is 6.27. The third-order valence-corrected chi connectivity index (χ3v) is 12.9. The summed E-state index contributed by atoms with van der Waals surface area (Å²) in [6.07, 6.45) is 0. The first-order valence-electron chi connectivity index (χ1n) is 18.2. The number of nitro benzene ring substituents is 1. The zero-order valence-corrected chi connectivity index (χ0v) is 36.7. The lowest BCUT2D eigenvalue weighted by Crippen LogP contribution is -2.04. The van der Waals surface area contributed by atoms with Gasteiger partial charge in [-0.2, -0.15) is 43.9 Å². The Morgan fingerprint density at radius 3 is 1.68 bits per heavy atom. The summed E-state index contributed by atoms with van der Waals surface area (Å²) < 4.78 is 138. The fourth-order valence-corrected chi connectivity index (χ4v) is 8.77. The maximum atomic E-state index is 12.8. The number of nitrogen functional groups attached to an aromatic ring is 1. The van der Waals surface area contributed by atoms with E-state index in [0.717, 1.165) is 42.5 Å². The molecule has 26 nitrogen and oxygen atoms in total. The number of hydrogen-bond donors (Lipinski definition) is 7. The highest BCUT2D eigenvalue weighted by Gasteiger charge is 2.29. The lowest BCUT2D eigenvalue weighted by molar-refractivity contribution is -0.384. The summed E-state index contributed by atoms with van der Waals surface area (Å²) in [6, 6.07) is 20.0. The Morgan fingerprint density at radius 2 is 1.03 bits per heavy atom. The van der Waals surface area contributed by atoms with Gasteiger partial charge in [-0.25, -0.2) is 0 Å². The Hall–Kier alpha value is -8.10. The first kappa shape index (κ1) is 47.9. The molecule has 8 N–H and O–H groups in total. The van der Waals surface area contributed by atoms with Crippen LogP contribution in [0.4, 0.5) is 56.9 Å². The van der Waals surface area contributed by atoms with Crippen molar-refractivity contribution in [3.63, 3.8) is 0 Å². The lowest BCUT2D eigenvalue weighted by Gasteiger charge is -2.14. The van der Waals surface area contributed by atoms with E-state index in [1.165, 1.54) is 54.6 Å². The van der Waals surface area contributed by atoms with Crippen LogP contribution >= 0.6 is 0 Å². The molecule has 0 radical (unpaired) electrons. The second-order valence-electron chi connectivity index (χ2n) is 13.7. The Kier molecular flexibility index (Phi) is 12.6. The van der Waals surface area contributed by atoms with Crippen LogP contribution in [0.1, 0.15) is 0 Å². The largest absolute Gasteiger partial charge is 0.505 e. The molecule has 0 heterocycles. The van der Waals surface area contributed by atoms with Gasteiger partial charge in [0, 0.05) is 22.9 Å². The molecule has 7 aromatic carbocycles. The number of hydrogen-bond acceptors (Lipinski definition) is 21. The first-order chi connectivity index (χ1) is 31.8. The van der Waals surface area contributed by atoms with Crippen LogP contribution in [0, 0.1) is 10.1 Å². The normalized spacial score (nSPS) is 12.9. The summed E-state index contributed by atoms with van der Waals surface area (Å²) >= 11 is 0. The molecule has 0 aromatic heterocycles. The summed E-state index contributed by atoms with van der Waals surface area (Å²) in [5.41, 5.74) is 2.60. The molecule has 30 heteroatoms. The zero-order valence-electron chi connectivity index (χ0n) is 33.4. The van der Waals surface area contributed by atoms with Crippen molar-refractivity contribution in [2.24, 2.45) is 40.9 Å². The van der Waals surface area contributed by atoms with Crippen molar-refractivity contribution in [3.05, 3.63) is 119 Å². The average Bonchev–Trinajstić information content (AvgIpc) is 3.26. The predicted octanol–water partition coefficient (Wildman–Crippen LogP) is 9.54. The highest BCUT2D eigenvalue weighted by molar-refractivity contribution is 7.86. The number of anilines is 1. The minimum atomic E-state index is -5.38. The highest BCUT2D eigenvalue weighted by atomic mass is 32.2. The van der Waals surface area contributed by atoms with Gasteiger partial charge in [-0.1, -0.05) is 18.2 Å². The van der Waals surface area contributed by atoms with Crippen LogP contribution in [0.25, 0.3) is 21.5 Å². The van der Waals surface area contributed by atoms with E-state index >= 15 is 0 Å². The molecule has 348 valence electrons. The van der Waals surface area contributed by atoms with E-state index in [2.05, 4.69) is 40.9 Å². The molecular weight excluding hydrogens is 981 g/mol. The summed E-state index contributed by atoms with van der Waals surface area (Å²) in [5, 5.41) is 64.0. The van der Waals surface area contributed by atoms with Gasteiger partial charge in [0.1, 0.15) is 37.4 Å². The standard InChI is InChI=1S/C38H26N10O16S4/c39-35-29(18-31(67(59,60)61)24-17-32(68(62,63)64)36(38(50)34(24)35)47-40-19-8-10-21(11-9-19)48(51)52)46-44-27-15-14-25(42-43-26-6-1-2-7-30(26)66(56,57)58)23-12-13-28(37(49)33(23)27)45-41-20-4-3-5-22(16-20)65(53,54)55/h1-18,49-50H,39H2,(H,53,54,55)(H,56,57,58)(H,59,60,61)(H,62,63,64). The maximum Gasteiger partial charge on any atom is 0.296 e. The molecule has 7 aromatic rings. The molecule has 0 saturated heterocycles. The van der Waals surface area contributed by atoms with Crippen molar-refractivity contribution in [3.8, 4) is 11.5 Å². The quantitative estimate of drug-likeness (QED) is 0.0186. The molecule has 0 amide bonds. The van der Waals surface area contributed by atoms with E-state index in [9.17, 15) is 72.2 Å². The third-order valence-electron chi connectivity index (χ3n) is 9.35. The minimum absolute atomic E-state index is 0.00266. The molecule has 0 aliphatic rings. The molecule has 68 heavy (non-hydrogen) atoms. The summed E-state index contributed by atoms with van der Waals surface area (Å²) in [7, 11) is -20.2. The summed E-state index contributed by atoms with van der Waals surface area (Å²) in [6.45, 7) is 0. The molecule has 0 unspecified atom stereocenters. The van der Waals surface area contributed by atoms with Crippen LogP contribution in [-0.4, -0.2) is 67.0 Å². The van der Waals surface area contributed by atoms with E-state index in [4.69, 9.17) is 5.73 Å². The van der Waals surface area contributed by atoms with Crippen molar-refractivity contribution in [1.29, 1.82) is 0 Å². The van der Waals surface area contributed by atoms with E-state index < -0.39 is 104 Å². The Balaban J connectivity index is 1.42. The van der Waals surface area contributed by atoms with Gasteiger partial charge in [-0.15, -0.1) is 30.7 Å². The number of rotatable bonds is 13. The van der Waals surface area contributed by atoms with Crippen molar-refractivity contribution in [2.75, 3.05) is 5.73 Å². The summed E-state index contributed by atoms with van der Waals surface area (Å²) in [4.78, 5) is 6.90. The van der Waals surface area contributed by atoms with Crippen LogP contribution in [0.3, 0.4) is 0 Å². The van der Waals surface area contributed by atoms with Gasteiger partial charge in [0.05, 0.1) is 49.0 Å². The van der Waals surface area contributed by atoms with Gasteiger partial charge in [-0.3, -0.25) is 28.3 Å². The maximum absolute atomic E-state index is 12.8. The molecule has 0 fully saturated rings. The predicted molar refractivity (Wildman–Crippen MR) is 238 cm³/mol. The smallest absolute Gasteiger partial charge is 0.296 e. The van der Waals surface area contributed by atoms with E-state index in [1.807, 2.05) is 0 Å². The minimum Gasteiger partial charge on any atom is -0.505 e.